The summed E-state index contributed by atoms with van der Waals surface area (Å²) in [4.78, 5) is 37.9. The molecule has 0 aromatic carbocycles. The molecule has 2 aromatic heterocycles. The number of hydrazone groups is 1. The molecule has 8 nitrogen and oxygen atoms in total. The van der Waals surface area contributed by atoms with E-state index in [1.807, 2.05) is 0 Å². The molecule has 2 heterocycles. The number of carbonyl (C=O) groups excluding carboxylic acids is 1. The number of rotatable bonds is 5. The smallest absolute Gasteiger partial charge is 0.428 e. The molecule has 11 heteroatoms. The van der Waals surface area contributed by atoms with Gasteiger partial charge in [-0.05, 0) is 46.1 Å². The minimum absolute atomic E-state index is 0.174. The Kier molecular flexibility index (Phi) is 5.61. The highest BCUT2D eigenvalue weighted by Gasteiger charge is 2.30. The van der Waals surface area contributed by atoms with Gasteiger partial charge in [0.15, 0.2) is 0 Å². The molecule has 1 saturated carbocycles. The van der Waals surface area contributed by atoms with Gasteiger partial charge in [-0.2, -0.15) is 5.10 Å². The van der Waals surface area contributed by atoms with Gasteiger partial charge in [0.2, 0.25) is 0 Å². The van der Waals surface area contributed by atoms with Crippen molar-refractivity contribution in [3.05, 3.63) is 31.3 Å². The minimum Gasteiger partial charge on any atom is -0.443 e. The summed E-state index contributed by atoms with van der Waals surface area (Å²) >= 11 is 1.00. The average Bonchev–Trinajstić information content (AvgIpc) is 3.34. The first-order valence-corrected chi connectivity index (χ1v) is 9.90. The maximum atomic E-state index is 13.1. The van der Waals surface area contributed by atoms with Gasteiger partial charge >= 0.3 is 11.8 Å². The second-order valence-electron chi connectivity index (χ2n) is 7.83. The Balaban J connectivity index is 2.03. The molecule has 0 atom stereocenters. The summed E-state index contributed by atoms with van der Waals surface area (Å²) in [7, 11) is 0. The van der Waals surface area contributed by atoms with E-state index in [1.165, 1.54) is 6.21 Å². The average molecular weight is 428 g/mol. The molecule has 158 valence electrons. The standard InChI is InChI=1S/C18H22F2N4O4S/c1-9-11(7-21-22-16(26)28-18(2,3)4)29-15-13(9)14(25)24(10-5-6-10)17(27)23(15)8-12(19)20/h7,10,12H,5-6,8H2,1-4H3,(H,22,26)/b21-7+. The molecule has 0 radical (unpaired) electrons. The fraction of sp³-hybridized carbons (Fsp3) is 0.556. The largest absolute Gasteiger partial charge is 0.443 e. The first-order valence-electron chi connectivity index (χ1n) is 9.08. The molecule has 1 fully saturated rings. The summed E-state index contributed by atoms with van der Waals surface area (Å²) in [6.07, 6.45) is -0.839. The summed E-state index contributed by atoms with van der Waals surface area (Å²) < 4.78 is 33.3. The first-order chi connectivity index (χ1) is 13.5. The number of thiophene rings is 1. The third-order valence-corrected chi connectivity index (χ3v) is 5.50. The molecule has 0 unspecified atom stereocenters. The van der Waals surface area contributed by atoms with E-state index in [2.05, 4.69) is 10.5 Å². The zero-order valence-corrected chi connectivity index (χ0v) is 17.3. The van der Waals surface area contributed by atoms with Crippen LogP contribution in [0.3, 0.4) is 0 Å². The van der Waals surface area contributed by atoms with Crippen LogP contribution in [0.4, 0.5) is 13.6 Å². The molecule has 0 saturated heterocycles. The normalized spacial score (nSPS) is 14.9. The fourth-order valence-electron chi connectivity index (χ4n) is 2.90. The van der Waals surface area contributed by atoms with Crippen molar-refractivity contribution in [2.24, 2.45) is 5.10 Å². The summed E-state index contributed by atoms with van der Waals surface area (Å²) in [6, 6.07) is -0.242. The van der Waals surface area contributed by atoms with Gasteiger partial charge in [0, 0.05) is 6.04 Å². The topological polar surface area (TPSA) is 94.7 Å². The van der Waals surface area contributed by atoms with Gasteiger partial charge in [0.05, 0.1) is 23.0 Å². The van der Waals surface area contributed by atoms with Crippen molar-refractivity contribution in [1.82, 2.24) is 14.6 Å². The molecule has 0 spiro atoms. The highest BCUT2D eigenvalue weighted by molar-refractivity contribution is 7.20. The van der Waals surface area contributed by atoms with Gasteiger partial charge < -0.3 is 4.74 Å². The van der Waals surface area contributed by atoms with Crippen molar-refractivity contribution in [3.8, 4) is 0 Å². The van der Waals surface area contributed by atoms with Crippen LogP contribution in [0.1, 0.15) is 50.1 Å². The van der Waals surface area contributed by atoms with Crippen molar-refractivity contribution in [2.45, 2.75) is 65.1 Å². The predicted octanol–water partition coefficient (Wildman–Crippen LogP) is 2.99. The number of aromatic nitrogens is 2. The van der Waals surface area contributed by atoms with Crippen LogP contribution in [-0.2, 0) is 11.3 Å². The summed E-state index contributed by atoms with van der Waals surface area (Å²) in [5.74, 6) is 0. The van der Waals surface area contributed by atoms with Gasteiger partial charge in [0.1, 0.15) is 10.4 Å². The molecule has 2 aromatic rings. The van der Waals surface area contributed by atoms with Crippen molar-refractivity contribution >= 4 is 33.9 Å². The van der Waals surface area contributed by atoms with Crippen LogP contribution in [-0.4, -0.2) is 33.5 Å². The third kappa shape index (κ3) is 4.55. The molecule has 1 N–H and O–H groups in total. The molecule has 1 amide bonds. The zero-order valence-electron chi connectivity index (χ0n) is 16.5. The Hall–Kier alpha value is -2.56. The number of ether oxygens (including phenoxy) is 1. The van der Waals surface area contributed by atoms with Gasteiger partial charge in [-0.15, -0.1) is 11.3 Å². The SMILES string of the molecule is Cc1c(/C=N/NC(=O)OC(C)(C)C)sc2c1c(=O)n(C1CC1)c(=O)n2CC(F)F. The maximum absolute atomic E-state index is 13.1. The Labute approximate surface area is 168 Å². The lowest BCUT2D eigenvalue weighted by molar-refractivity contribution is 0.0529. The van der Waals surface area contributed by atoms with Crippen molar-refractivity contribution < 1.29 is 18.3 Å². The van der Waals surface area contributed by atoms with Gasteiger partial charge in [-0.1, -0.05) is 0 Å². The number of carbonyl (C=O) groups is 1. The number of amides is 1. The Morgan fingerprint density at radius 1 is 1.38 bits per heavy atom. The van der Waals surface area contributed by atoms with Crippen molar-refractivity contribution in [1.29, 1.82) is 0 Å². The highest BCUT2D eigenvalue weighted by atomic mass is 32.1. The lowest BCUT2D eigenvalue weighted by Crippen LogP contribution is -2.40. The van der Waals surface area contributed by atoms with E-state index in [1.54, 1.807) is 27.7 Å². The van der Waals surface area contributed by atoms with Gasteiger partial charge in [0.25, 0.3) is 12.0 Å². The summed E-state index contributed by atoms with van der Waals surface area (Å²) in [6.45, 7) is 5.98. The highest BCUT2D eigenvalue weighted by Crippen LogP contribution is 2.34. The van der Waals surface area contributed by atoms with E-state index in [4.69, 9.17) is 4.74 Å². The molecular formula is C18H22F2N4O4S. The summed E-state index contributed by atoms with van der Waals surface area (Å²) in [5.41, 5.74) is 0.842. The quantitative estimate of drug-likeness (QED) is 0.585. The monoisotopic (exact) mass is 428 g/mol. The van der Waals surface area contributed by atoms with E-state index < -0.39 is 35.9 Å². The molecule has 0 aliphatic heterocycles. The zero-order chi connectivity index (χ0) is 21.5. The lowest BCUT2D eigenvalue weighted by atomic mass is 10.2. The van der Waals surface area contributed by atoms with Crippen LogP contribution in [0.2, 0.25) is 0 Å². The minimum atomic E-state index is -2.74. The third-order valence-electron chi connectivity index (χ3n) is 4.25. The molecule has 3 rings (SSSR count). The van der Waals surface area contributed by atoms with E-state index >= 15 is 0 Å². The van der Waals surface area contributed by atoms with Crippen LogP contribution >= 0.6 is 11.3 Å². The molecular weight excluding hydrogens is 406 g/mol. The fourth-order valence-corrected chi connectivity index (χ4v) is 4.08. The second kappa shape index (κ2) is 7.69. The van der Waals surface area contributed by atoms with Crippen molar-refractivity contribution in [2.75, 3.05) is 0 Å². The Morgan fingerprint density at radius 3 is 2.59 bits per heavy atom. The molecule has 1 aliphatic rings. The van der Waals surface area contributed by atoms with E-state index in [0.29, 0.717) is 23.3 Å². The molecule has 29 heavy (non-hydrogen) atoms. The predicted molar refractivity (Wildman–Crippen MR) is 106 cm³/mol. The van der Waals surface area contributed by atoms with E-state index in [-0.39, 0.29) is 16.3 Å². The Morgan fingerprint density at radius 2 is 2.03 bits per heavy atom. The van der Waals surface area contributed by atoms with E-state index in [9.17, 15) is 23.2 Å². The number of nitrogens with zero attached hydrogens (tertiary/aromatic N) is 3. The summed E-state index contributed by atoms with van der Waals surface area (Å²) in [5, 5.41) is 4.03. The first kappa shape index (κ1) is 21.2. The number of hydrogen-bond acceptors (Lipinski definition) is 6. The second-order valence-corrected chi connectivity index (χ2v) is 8.86. The number of fused-ring (bicyclic) bond motifs is 1. The molecule has 1 aliphatic carbocycles. The van der Waals surface area contributed by atoms with Crippen molar-refractivity contribution in [3.63, 3.8) is 0 Å². The van der Waals surface area contributed by atoms with Crippen LogP contribution in [0.25, 0.3) is 10.2 Å². The number of alkyl halides is 2. The van der Waals surface area contributed by atoms with E-state index in [0.717, 1.165) is 20.5 Å². The van der Waals surface area contributed by atoms with Crippen LogP contribution in [0.15, 0.2) is 14.7 Å². The number of hydrogen-bond donors (Lipinski definition) is 1. The number of nitrogens with one attached hydrogen (secondary N) is 1. The lowest BCUT2D eigenvalue weighted by Gasteiger charge is -2.18. The molecule has 0 bridgehead atoms. The van der Waals surface area contributed by atoms with Crippen LogP contribution in [0.5, 0.6) is 0 Å². The Bertz CT molecular complexity index is 1090. The number of aryl methyl sites for hydroxylation is 1. The van der Waals surface area contributed by atoms with Crippen LogP contribution < -0.4 is 16.7 Å². The maximum Gasteiger partial charge on any atom is 0.428 e. The number of halogens is 2. The van der Waals surface area contributed by atoms with Gasteiger partial charge in [-0.3, -0.25) is 13.9 Å². The van der Waals surface area contributed by atoms with Gasteiger partial charge in [-0.25, -0.2) is 23.8 Å². The van der Waals surface area contributed by atoms with Crippen LogP contribution in [0, 0.1) is 6.92 Å².